The molecule has 3 amide bonds. The topological polar surface area (TPSA) is 100 Å². The molecule has 1 atom stereocenters. The van der Waals surface area contributed by atoms with Gasteiger partial charge in [0.25, 0.3) is 0 Å². The zero-order chi connectivity index (χ0) is 17.5. The predicted octanol–water partition coefficient (Wildman–Crippen LogP) is 1.92. The lowest BCUT2D eigenvalue weighted by Crippen LogP contribution is -2.41. The molecule has 2 rings (SSSR count). The number of carbonyl (C=O) groups is 3. The number of anilines is 2. The Morgan fingerprint density at radius 2 is 1.62 bits per heavy atom. The molecule has 1 heterocycles. The molecule has 0 aliphatic carbocycles. The van der Waals surface area contributed by atoms with Gasteiger partial charge in [-0.3, -0.25) is 14.4 Å². The minimum Gasteiger partial charge on any atom is -0.469 e. The summed E-state index contributed by atoms with van der Waals surface area (Å²) in [6.07, 6.45) is 2.05. The Hall–Kier alpha value is -3.09. The number of nitrogens with one attached hydrogen (secondary N) is 3. The summed E-state index contributed by atoms with van der Waals surface area (Å²) in [4.78, 5) is 34.7. The average molecular weight is 329 g/mol. The highest BCUT2D eigenvalue weighted by Gasteiger charge is 2.17. The Labute approximate surface area is 139 Å². The first-order chi connectivity index (χ1) is 11.4. The van der Waals surface area contributed by atoms with Gasteiger partial charge in [-0.15, -0.1) is 0 Å². The van der Waals surface area contributed by atoms with Gasteiger partial charge in [0.05, 0.1) is 6.26 Å². The first-order valence-corrected chi connectivity index (χ1v) is 7.46. The highest BCUT2D eigenvalue weighted by atomic mass is 16.3. The van der Waals surface area contributed by atoms with Crippen molar-refractivity contribution in [1.82, 2.24) is 5.32 Å². The molecule has 1 aromatic carbocycles. The molecule has 3 N–H and O–H groups in total. The minimum absolute atomic E-state index is 0.184. The lowest BCUT2D eigenvalue weighted by Gasteiger charge is -2.12. The summed E-state index contributed by atoms with van der Waals surface area (Å²) in [6, 6.07) is 9.80. The second kappa shape index (κ2) is 7.96. The standard InChI is InChI=1S/C17H19N3O4/c1-11(10-15-4-3-9-24-15)18-16(22)17(23)20-14-7-5-13(6-8-14)19-12(2)21/h3-9,11H,10H2,1-2H3,(H,18,22)(H,19,21)(H,20,23). The van der Waals surface area contributed by atoms with Gasteiger partial charge in [-0.1, -0.05) is 0 Å². The van der Waals surface area contributed by atoms with Crippen molar-refractivity contribution in [3.8, 4) is 0 Å². The van der Waals surface area contributed by atoms with E-state index in [1.807, 2.05) is 0 Å². The normalized spacial score (nSPS) is 11.4. The van der Waals surface area contributed by atoms with E-state index >= 15 is 0 Å². The van der Waals surface area contributed by atoms with E-state index in [4.69, 9.17) is 4.42 Å². The van der Waals surface area contributed by atoms with Gasteiger partial charge in [-0.2, -0.15) is 0 Å². The summed E-state index contributed by atoms with van der Waals surface area (Å²) in [5.41, 5.74) is 1.07. The molecule has 0 aliphatic heterocycles. The SMILES string of the molecule is CC(=O)Nc1ccc(NC(=O)C(=O)NC(C)Cc2ccco2)cc1. The van der Waals surface area contributed by atoms with E-state index in [-0.39, 0.29) is 11.9 Å². The molecule has 1 aromatic heterocycles. The van der Waals surface area contributed by atoms with Crippen LogP contribution in [-0.4, -0.2) is 23.8 Å². The Morgan fingerprint density at radius 3 is 2.17 bits per heavy atom. The van der Waals surface area contributed by atoms with Crippen LogP contribution in [0.25, 0.3) is 0 Å². The molecule has 0 saturated carbocycles. The Kier molecular flexibility index (Phi) is 5.73. The fourth-order valence-corrected chi connectivity index (χ4v) is 2.10. The lowest BCUT2D eigenvalue weighted by molar-refractivity contribution is -0.136. The van der Waals surface area contributed by atoms with E-state index in [9.17, 15) is 14.4 Å². The van der Waals surface area contributed by atoms with Crippen LogP contribution in [-0.2, 0) is 20.8 Å². The van der Waals surface area contributed by atoms with Crippen molar-refractivity contribution in [3.05, 3.63) is 48.4 Å². The van der Waals surface area contributed by atoms with Crippen molar-refractivity contribution < 1.29 is 18.8 Å². The summed E-state index contributed by atoms with van der Waals surface area (Å²) in [6.45, 7) is 3.19. The van der Waals surface area contributed by atoms with E-state index in [0.717, 1.165) is 5.76 Å². The smallest absolute Gasteiger partial charge is 0.313 e. The largest absolute Gasteiger partial charge is 0.469 e. The van der Waals surface area contributed by atoms with Crippen molar-refractivity contribution in [3.63, 3.8) is 0 Å². The van der Waals surface area contributed by atoms with E-state index in [0.29, 0.717) is 17.8 Å². The number of furan rings is 1. The molecule has 0 fully saturated rings. The molecule has 1 unspecified atom stereocenters. The Balaban J connectivity index is 1.84. The van der Waals surface area contributed by atoms with Crippen molar-refractivity contribution in [2.75, 3.05) is 10.6 Å². The second-order valence-electron chi connectivity index (χ2n) is 5.37. The fraction of sp³-hybridized carbons (Fsp3) is 0.235. The predicted molar refractivity (Wildman–Crippen MR) is 89.4 cm³/mol. The second-order valence-corrected chi connectivity index (χ2v) is 5.37. The third kappa shape index (κ3) is 5.28. The van der Waals surface area contributed by atoms with Crippen LogP contribution >= 0.6 is 0 Å². The number of hydrogen-bond donors (Lipinski definition) is 3. The van der Waals surface area contributed by atoms with Crippen molar-refractivity contribution >= 4 is 29.1 Å². The van der Waals surface area contributed by atoms with Gasteiger partial charge in [0, 0.05) is 30.8 Å². The number of amides is 3. The van der Waals surface area contributed by atoms with E-state index in [1.165, 1.54) is 6.92 Å². The van der Waals surface area contributed by atoms with Crippen LogP contribution in [0.5, 0.6) is 0 Å². The highest BCUT2D eigenvalue weighted by Crippen LogP contribution is 2.13. The molecule has 0 bridgehead atoms. The van der Waals surface area contributed by atoms with Crippen molar-refractivity contribution in [1.29, 1.82) is 0 Å². The van der Waals surface area contributed by atoms with Crippen LogP contribution < -0.4 is 16.0 Å². The van der Waals surface area contributed by atoms with Crippen LogP contribution in [0.1, 0.15) is 19.6 Å². The van der Waals surface area contributed by atoms with Gasteiger partial charge < -0.3 is 20.4 Å². The summed E-state index contributed by atoms with van der Waals surface area (Å²) in [7, 11) is 0. The molecule has 0 aliphatic rings. The Bertz CT molecular complexity index is 708. The van der Waals surface area contributed by atoms with Gasteiger partial charge >= 0.3 is 11.8 Å². The van der Waals surface area contributed by atoms with Gasteiger partial charge in [0.1, 0.15) is 5.76 Å². The molecule has 7 heteroatoms. The molecule has 0 saturated heterocycles. The zero-order valence-electron chi connectivity index (χ0n) is 13.5. The first-order valence-electron chi connectivity index (χ1n) is 7.46. The maximum absolute atomic E-state index is 11.9. The zero-order valence-corrected chi connectivity index (χ0v) is 13.5. The van der Waals surface area contributed by atoms with Crippen LogP contribution in [0.15, 0.2) is 47.1 Å². The third-order valence-electron chi connectivity index (χ3n) is 3.13. The Morgan fingerprint density at radius 1 is 1.00 bits per heavy atom. The lowest BCUT2D eigenvalue weighted by atomic mass is 10.2. The number of benzene rings is 1. The first kappa shape index (κ1) is 17.3. The molecule has 126 valence electrons. The maximum Gasteiger partial charge on any atom is 0.313 e. The molecular formula is C17H19N3O4. The van der Waals surface area contributed by atoms with Crippen molar-refractivity contribution in [2.45, 2.75) is 26.3 Å². The molecule has 24 heavy (non-hydrogen) atoms. The van der Waals surface area contributed by atoms with Gasteiger partial charge in [-0.25, -0.2) is 0 Å². The average Bonchev–Trinajstić information content (AvgIpc) is 3.01. The van der Waals surface area contributed by atoms with Gasteiger partial charge in [0.2, 0.25) is 5.91 Å². The quantitative estimate of drug-likeness (QED) is 0.730. The van der Waals surface area contributed by atoms with Crippen LogP contribution in [0.4, 0.5) is 11.4 Å². The number of rotatable bonds is 5. The third-order valence-corrected chi connectivity index (χ3v) is 3.13. The van der Waals surface area contributed by atoms with E-state index < -0.39 is 11.8 Å². The molecule has 2 aromatic rings. The summed E-state index contributed by atoms with van der Waals surface area (Å²) in [5, 5.41) is 7.72. The summed E-state index contributed by atoms with van der Waals surface area (Å²) >= 11 is 0. The molecule has 0 radical (unpaired) electrons. The summed E-state index contributed by atoms with van der Waals surface area (Å²) < 4.78 is 5.20. The molecule has 0 spiro atoms. The summed E-state index contributed by atoms with van der Waals surface area (Å²) in [5.74, 6) is -0.929. The fourth-order valence-electron chi connectivity index (χ4n) is 2.10. The van der Waals surface area contributed by atoms with Gasteiger partial charge in [-0.05, 0) is 43.3 Å². The number of carbonyl (C=O) groups excluding carboxylic acids is 3. The van der Waals surface area contributed by atoms with Crippen molar-refractivity contribution in [2.24, 2.45) is 0 Å². The monoisotopic (exact) mass is 329 g/mol. The highest BCUT2D eigenvalue weighted by molar-refractivity contribution is 6.39. The van der Waals surface area contributed by atoms with E-state index in [2.05, 4.69) is 16.0 Å². The molecule has 7 nitrogen and oxygen atoms in total. The number of hydrogen-bond acceptors (Lipinski definition) is 4. The minimum atomic E-state index is -0.756. The van der Waals surface area contributed by atoms with Gasteiger partial charge in [0.15, 0.2) is 0 Å². The van der Waals surface area contributed by atoms with Crippen LogP contribution in [0.2, 0.25) is 0 Å². The molecular weight excluding hydrogens is 310 g/mol. The van der Waals surface area contributed by atoms with E-state index in [1.54, 1.807) is 49.6 Å². The van der Waals surface area contributed by atoms with Crippen LogP contribution in [0, 0.1) is 0 Å². The van der Waals surface area contributed by atoms with Crippen LogP contribution in [0.3, 0.4) is 0 Å². The maximum atomic E-state index is 11.9.